The molecule has 1 fully saturated rings. The lowest BCUT2D eigenvalue weighted by Crippen LogP contribution is -2.51. The molecule has 0 radical (unpaired) electrons. The van der Waals surface area contributed by atoms with Crippen LogP contribution in [0.2, 0.25) is 5.02 Å². The normalized spacial score (nSPS) is 20.6. The summed E-state index contributed by atoms with van der Waals surface area (Å²) in [6, 6.07) is 11.7. The first-order valence-electron chi connectivity index (χ1n) is 8.67. The van der Waals surface area contributed by atoms with E-state index in [9.17, 15) is 23.4 Å². The van der Waals surface area contributed by atoms with E-state index in [2.05, 4.69) is 0 Å². The zero-order valence-corrected chi connectivity index (χ0v) is 16.4. The molecule has 0 bridgehead atoms. The molecule has 1 aliphatic heterocycles. The van der Waals surface area contributed by atoms with E-state index >= 15 is 0 Å². The predicted molar refractivity (Wildman–Crippen MR) is 103 cm³/mol. The van der Waals surface area contributed by atoms with Crippen LogP contribution < -0.4 is 4.74 Å². The number of aliphatic hydroxyl groups excluding tert-OH is 1. The van der Waals surface area contributed by atoms with Gasteiger partial charge in [0.05, 0.1) is 11.0 Å². The van der Waals surface area contributed by atoms with Gasteiger partial charge in [-0.1, -0.05) is 23.7 Å². The van der Waals surface area contributed by atoms with Crippen molar-refractivity contribution in [2.24, 2.45) is 0 Å². The molecule has 0 aliphatic carbocycles. The highest BCUT2D eigenvalue weighted by Gasteiger charge is 2.40. The van der Waals surface area contributed by atoms with Crippen LogP contribution in [0.3, 0.4) is 0 Å². The number of rotatable bonds is 6. The zero-order chi connectivity index (χ0) is 20.3. The van der Waals surface area contributed by atoms with E-state index < -0.39 is 28.1 Å². The number of carboxylic acids is 1. The Balaban J connectivity index is 1.72. The first kappa shape index (κ1) is 20.6. The molecule has 150 valence electrons. The molecule has 7 nitrogen and oxygen atoms in total. The molecular formula is C19H20ClNO6S. The summed E-state index contributed by atoms with van der Waals surface area (Å²) >= 11 is 5.84. The van der Waals surface area contributed by atoms with Crippen LogP contribution in [0.1, 0.15) is 18.4 Å². The topological polar surface area (TPSA) is 104 Å². The Morgan fingerprint density at radius 2 is 1.79 bits per heavy atom. The summed E-state index contributed by atoms with van der Waals surface area (Å²) < 4.78 is 32.3. The van der Waals surface area contributed by atoms with Crippen LogP contribution in [0, 0.1) is 0 Å². The highest BCUT2D eigenvalue weighted by atomic mass is 35.5. The number of sulfonamides is 1. The Labute approximate surface area is 168 Å². The minimum absolute atomic E-state index is 0.0195. The summed E-state index contributed by atoms with van der Waals surface area (Å²) in [4.78, 5) is 11.4. The fourth-order valence-electron chi connectivity index (χ4n) is 3.03. The lowest BCUT2D eigenvalue weighted by Gasteiger charge is -2.34. The Bertz CT molecular complexity index is 930. The fraction of sp³-hybridized carbons (Fsp3) is 0.316. The summed E-state index contributed by atoms with van der Waals surface area (Å²) in [5.41, 5.74) is 0.914. The van der Waals surface area contributed by atoms with Crippen LogP contribution in [0.4, 0.5) is 0 Å². The van der Waals surface area contributed by atoms with Gasteiger partial charge in [-0.15, -0.1) is 0 Å². The number of carbonyl (C=O) groups is 1. The molecular weight excluding hydrogens is 406 g/mol. The van der Waals surface area contributed by atoms with Gasteiger partial charge in [-0.05, 0) is 48.4 Å². The smallest absolute Gasteiger partial charge is 0.322 e. The lowest BCUT2D eigenvalue weighted by molar-refractivity contribution is -0.143. The van der Waals surface area contributed by atoms with E-state index in [1.165, 1.54) is 24.3 Å². The van der Waals surface area contributed by atoms with E-state index in [0.717, 1.165) is 9.87 Å². The predicted octanol–water partition coefficient (Wildman–Crippen LogP) is 2.52. The monoisotopic (exact) mass is 425 g/mol. The van der Waals surface area contributed by atoms with Crippen molar-refractivity contribution in [1.82, 2.24) is 4.31 Å². The van der Waals surface area contributed by atoms with E-state index in [4.69, 9.17) is 16.3 Å². The number of carboxylic acid groups (broad SMARTS) is 1. The van der Waals surface area contributed by atoms with Crippen LogP contribution in [0.15, 0.2) is 53.4 Å². The van der Waals surface area contributed by atoms with Crippen LogP contribution in [0.25, 0.3) is 0 Å². The molecule has 1 saturated heterocycles. The molecule has 0 amide bonds. The molecule has 0 saturated carbocycles. The number of ether oxygens (including phenoxy) is 1. The second-order valence-electron chi connectivity index (χ2n) is 6.53. The van der Waals surface area contributed by atoms with Crippen molar-refractivity contribution in [2.75, 3.05) is 6.54 Å². The van der Waals surface area contributed by atoms with Gasteiger partial charge in [0.25, 0.3) is 0 Å². The maximum atomic E-state index is 12.9. The van der Waals surface area contributed by atoms with E-state index in [-0.39, 0.29) is 24.3 Å². The second-order valence-corrected chi connectivity index (χ2v) is 8.86. The largest absolute Gasteiger partial charge is 0.489 e. The Morgan fingerprint density at radius 3 is 2.39 bits per heavy atom. The maximum Gasteiger partial charge on any atom is 0.322 e. The van der Waals surface area contributed by atoms with Gasteiger partial charge in [-0.25, -0.2) is 8.42 Å². The Kier molecular flexibility index (Phi) is 6.24. The van der Waals surface area contributed by atoms with E-state index in [1.807, 2.05) is 12.1 Å². The number of halogens is 1. The molecule has 2 aromatic carbocycles. The minimum atomic E-state index is -4.00. The number of aliphatic hydroxyl groups is 1. The molecule has 9 heteroatoms. The van der Waals surface area contributed by atoms with Crippen molar-refractivity contribution < 1.29 is 28.2 Å². The number of benzene rings is 2. The van der Waals surface area contributed by atoms with Crippen LogP contribution in [-0.2, 0) is 21.4 Å². The third-order valence-corrected chi connectivity index (χ3v) is 6.73. The SMILES string of the molecule is O=C(O)C1CC(O)CCN1S(=O)(=O)c1ccc(OCc2ccc(Cl)cc2)cc1. The average Bonchev–Trinajstić information content (AvgIpc) is 2.67. The van der Waals surface area contributed by atoms with Crippen LogP contribution in [-0.4, -0.2) is 47.6 Å². The van der Waals surface area contributed by atoms with Crippen LogP contribution >= 0.6 is 11.6 Å². The number of hydrogen-bond acceptors (Lipinski definition) is 5. The van der Waals surface area contributed by atoms with E-state index in [0.29, 0.717) is 17.4 Å². The molecule has 2 aromatic rings. The van der Waals surface area contributed by atoms with Crippen molar-refractivity contribution in [2.45, 2.75) is 36.5 Å². The summed E-state index contributed by atoms with van der Waals surface area (Å²) in [7, 11) is -4.00. The number of piperidine rings is 1. The zero-order valence-electron chi connectivity index (χ0n) is 14.9. The fourth-order valence-corrected chi connectivity index (χ4v) is 4.76. The minimum Gasteiger partial charge on any atom is -0.489 e. The summed E-state index contributed by atoms with van der Waals surface area (Å²) in [5, 5.41) is 19.6. The van der Waals surface area contributed by atoms with Gasteiger partial charge in [0, 0.05) is 18.0 Å². The second kappa shape index (κ2) is 8.48. The number of hydrogen-bond donors (Lipinski definition) is 2. The van der Waals surface area contributed by atoms with Gasteiger partial charge in [-0.3, -0.25) is 4.79 Å². The van der Waals surface area contributed by atoms with E-state index in [1.54, 1.807) is 12.1 Å². The van der Waals surface area contributed by atoms with Gasteiger partial charge in [0.1, 0.15) is 18.4 Å². The molecule has 1 aliphatic rings. The molecule has 3 rings (SSSR count). The standard InChI is InChI=1S/C19H20ClNO6S/c20-14-3-1-13(2-4-14)12-27-16-5-7-17(8-6-16)28(25,26)21-10-9-15(22)11-18(21)19(23)24/h1-8,15,18,22H,9-12H2,(H,23,24). The average molecular weight is 426 g/mol. The van der Waals surface area contributed by atoms with Crippen molar-refractivity contribution in [3.8, 4) is 5.75 Å². The lowest BCUT2D eigenvalue weighted by atomic mass is 10.0. The molecule has 2 unspecified atom stereocenters. The first-order valence-corrected chi connectivity index (χ1v) is 10.5. The highest BCUT2D eigenvalue weighted by Crippen LogP contribution is 2.27. The summed E-state index contributed by atoms with van der Waals surface area (Å²) in [6.07, 6.45) is -0.751. The third kappa shape index (κ3) is 4.64. The Morgan fingerprint density at radius 1 is 1.14 bits per heavy atom. The maximum absolute atomic E-state index is 12.9. The van der Waals surface area contributed by atoms with Gasteiger partial charge >= 0.3 is 5.97 Å². The van der Waals surface area contributed by atoms with Gasteiger partial charge in [0.15, 0.2) is 0 Å². The van der Waals surface area contributed by atoms with Crippen molar-refractivity contribution >= 4 is 27.6 Å². The highest BCUT2D eigenvalue weighted by molar-refractivity contribution is 7.89. The van der Waals surface area contributed by atoms with Gasteiger partial charge < -0.3 is 14.9 Å². The molecule has 0 spiro atoms. The molecule has 2 N–H and O–H groups in total. The van der Waals surface area contributed by atoms with Gasteiger partial charge in [-0.2, -0.15) is 4.31 Å². The quantitative estimate of drug-likeness (QED) is 0.736. The molecule has 28 heavy (non-hydrogen) atoms. The molecule has 2 atom stereocenters. The number of aliphatic carboxylic acids is 1. The van der Waals surface area contributed by atoms with Crippen molar-refractivity contribution in [3.05, 3.63) is 59.1 Å². The van der Waals surface area contributed by atoms with Crippen molar-refractivity contribution in [3.63, 3.8) is 0 Å². The van der Waals surface area contributed by atoms with Crippen molar-refractivity contribution in [1.29, 1.82) is 0 Å². The summed E-state index contributed by atoms with van der Waals surface area (Å²) in [5.74, 6) is -0.789. The number of nitrogens with zero attached hydrogens (tertiary/aromatic N) is 1. The third-order valence-electron chi connectivity index (χ3n) is 4.56. The molecule has 1 heterocycles. The van der Waals surface area contributed by atoms with Crippen LogP contribution in [0.5, 0.6) is 5.75 Å². The first-order chi connectivity index (χ1) is 13.3. The molecule has 0 aromatic heterocycles. The van der Waals surface area contributed by atoms with Gasteiger partial charge in [0.2, 0.25) is 10.0 Å². The summed E-state index contributed by atoms with van der Waals surface area (Å²) in [6.45, 7) is 0.254. The Hall–Kier alpha value is -2.13.